The van der Waals surface area contributed by atoms with Gasteiger partial charge in [0.1, 0.15) is 0 Å². The van der Waals surface area contributed by atoms with E-state index < -0.39 is 0 Å². The molecule has 0 aliphatic carbocycles. The van der Waals surface area contributed by atoms with Gasteiger partial charge >= 0.3 is 0 Å². The lowest BCUT2D eigenvalue weighted by Crippen LogP contribution is -1.89. The summed E-state index contributed by atoms with van der Waals surface area (Å²) in [5.41, 5.74) is 1.70. The second-order valence-corrected chi connectivity index (χ2v) is 6.59. The van der Waals surface area contributed by atoms with Crippen molar-refractivity contribution < 1.29 is 0 Å². The second-order valence-electron chi connectivity index (χ2n) is 3.86. The standard InChI is InChI=1S/C13H7BrCl2N2S/c14-7-4-5-10(9(16)6-7)17-13-18-11-3-1-2-8(15)12(11)19-13/h1-6H,(H,17,18). The van der Waals surface area contributed by atoms with Crippen molar-refractivity contribution in [3.63, 3.8) is 0 Å². The summed E-state index contributed by atoms with van der Waals surface area (Å²) in [7, 11) is 0. The summed E-state index contributed by atoms with van der Waals surface area (Å²) in [6.45, 7) is 0. The van der Waals surface area contributed by atoms with Crippen LogP contribution in [0.15, 0.2) is 40.9 Å². The first-order valence-corrected chi connectivity index (χ1v) is 7.77. The van der Waals surface area contributed by atoms with E-state index in [4.69, 9.17) is 23.2 Å². The molecule has 2 aromatic carbocycles. The molecule has 1 N–H and O–H groups in total. The molecule has 0 spiro atoms. The van der Waals surface area contributed by atoms with Gasteiger partial charge in [-0.1, -0.05) is 56.5 Å². The van der Waals surface area contributed by atoms with Crippen LogP contribution in [0.3, 0.4) is 0 Å². The number of halogens is 3. The van der Waals surface area contributed by atoms with Crippen molar-refractivity contribution in [1.29, 1.82) is 0 Å². The lowest BCUT2D eigenvalue weighted by atomic mass is 10.3. The predicted molar refractivity (Wildman–Crippen MR) is 87.1 cm³/mol. The van der Waals surface area contributed by atoms with Crippen molar-refractivity contribution in [3.8, 4) is 0 Å². The van der Waals surface area contributed by atoms with Crippen LogP contribution < -0.4 is 5.32 Å². The average Bonchev–Trinajstić information content (AvgIpc) is 2.77. The molecule has 0 saturated carbocycles. The molecular weight excluding hydrogens is 367 g/mol. The van der Waals surface area contributed by atoms with E-state index in [1.165, 1.54) is 11.3 Å². The third kappa shape index (κ3) is 2.72. The monoisotopic (exact) mass is 372 g/mol. The molecule has 0 radical (unpaired) electrons. The third-order valence-corrected chi connectivity index (χ3v) is 4.79. The van der Waals surface area contributed by atoms with E-state index in [0.717, 1.165) is 25.5 Å². The Morgan fingerprint density at radius 1 is 1.11 bits per heavy atom. The zero-order valence-corrected chi connectivity index (χ0v) is 13.4. The number of hydrogen-bond acceptors (Lipinski definition) is 3. The summed E-state index contributed by atoms with van der Waals surface area (Å²) in [5, 5.41) is 5.33. The van der Waals surface area contributed by atoms with Crippen molar-refractivity contribution >= 4 is 71.5 Å². The van der Waals surface area contributed by atoms with Gasteiger partial charge in [-0.05, 0) is 30.3 Å². The maximum Gasteiger partial charge on any atom is 0.188 e. The smallest absolute Gasteiger partial charge is 0.188 e. The minimum absolute atomic E-state index is 0.639. The van der Waals surface area contributed by atoms with Crippen LogP contribution in [0.25, 0.3) is 10.2 Å². The molecule has 0 atom stereocenters. The Bertz CT molecular complexity index is 757. The summed E-state index contributed by atoms with van der Waals surface area (Å²) in [4.78, 5) is 4.48. The molecule has 0 unspecified atom stereocenters. The van der Waals surface area contributed by atoms with Gasteiger partial charge in [0.25, 0.3) is 0 Å². The van der Waals surface area contributed by atoms with Crippen LogP contribution >= 0.6 is 50.5 Å². The minimum Gasteiger partial charge on any atom is -0.330 e. The minimum atomic E-state index is 0.639. The van der Waals surface area contributed by atoms with Gasteiger partial charge in [0.2, 0.25) is 0 Å². The molecule has 0 bridgehead atoms. The number of nitrogens with one attached hydrogen (secondary N) is 1. The van der Waals surface area contributed by atoms with Gasteiger partial charge in [0.15, 0.2) is 5.13 Å². The van der Waals surface area contributed by atoms with Crippen molar-refractivity contribution in [1.82, 2.24) is 4.98 Å². The van der Waals surface area contributed by atoms with Gasteiger partial charge in [-0.25, -0.2) is 4.98 Å². The summed E-state index contributed by atoms with van der Waals surface area (Å²) in [6, 6.07) is 11.4. The molecule has 2 nitrogen and oxygen atoms in total. The molecule has 0 fully saturated rings. The topological polar surface area (TPSA) is 24.9 Å². The number of anilines is 2. The Hall–Kier alpha value is -0.810. The Balaban J connectivity index is 1.99. The number of nitrogens with zero attached hydrogens (tertiary/aromatic N) is 1. The van der Waals surface area contributed by atoms with Crippen LogP contribution in [0.1, 0.15) is 0 Å². The van der Waals surface area contributed by atoms with Gasteiger partial charge in [-0.2, -0.15) is 0 Å². The molecule has 0 aliphatic heterocycles. The number of rotatable bonds is 2. The fourth-order valence-electron chi connectivity index (χ4n) is 1.67. The normalized spacial score (nSPS) is 10.9. The van der Waals surface area contributed by atoms with Gasteiger partial charge < -0.3 is 5.32 Å². The summed E-state index contributed by atoms with van der Waals surface area (Å²) < 4.78 is 1.91. The van der Waals surface area contributed by atoms with Crippen molar-refractivity contribution in [2.45, 2.75) is 0 Å². The Labute approximate surface area is 132 Å². The highest BCUT2D eigenvalue weighted by molar-refractivity contribution is 9.10. The van der Waals surface area contributed by atoms with E-state index in [-0.39, 0.29) is 0 Å². The molecule has 6 heteroatoms. The maximum atomic E-state index is 6.17. The lowest BCUT2D eigenvalue weighted by molar-refractivity contribution is 1.44. The van der Waals surface area contributed by atoms with Crippen molar-refractivity contribution in [2.24, 2.45) is 0 Å². The fraction of sp³-hybridized carbons (Fsp3) is 0. The van der Waals surface area contributed by atoms with E-state index in [9.17, 15) is 0 Å². The van der Waals surface area contributed by atoms with Crippen LogP contribution in [-0.2, 0) is 0 Å². The molecule has 1 aromatic heterocycles. The van der Waals surface area contributed by atoms with Gasteiger partial charge in [-0.3, -0.25) is 0 Å². The zero-order valence-electron chi connectivity index (χ0n) is 9.45. The molecule has 19 heavy (non-hydrogen) atoms. The van der Waals surface area contributed by atoms with Crippen LogP contribution in [0.4, 0.5) is 10.8 Å². The predicted octanol–water partition coefficient (Wildman–Crippen LogP) is 6.11. The van der Waals surface area contributed by atoms with Crippen LogP contribution in [-0.4, -0.2) is 4.98 Å². The first kappa shape index (κ1) is 13.2. The molecule has 3 aromatic rings. The van der Waals surface area contributed by atoms with E-state index in [1.807, 2.05) is 36.4 Å². The molecule has 1 heterocycles. The number of aromatic nitrogens is 1. The molecule has 0 amide bonds. The quantitative estimate of drug-likeness (QED) is 0.586. The molecule has 3 rings (SSSR count). The number of hydrogen-bond donors (Lipinski definition) is 1. The zero-order chi connectivity index (χ0) is 13.4. The molecule has 96 valence electrons. The first-order chi connectivity index (χ1) is 9.13. The van der Waals surface area contributed by atoms with Crippen molar-refractivity contribution in [2.75, 3.05) is 5.32 Å². The summed E-state index contributed by atoms with van der Waals surface area (Å²) >= 11 is 17.2. The van der Waals surface area contributed by atoms with Gasteiger partial charge in [0, 0.05) is 4.47 Å². The Morgan fingerprint density at radius 3 is 2.68 bits per heavy atom. The average molecular weight is 374 g/mol. The highest BCUT2D eigenvalue weighted by Gasteiger charge is 2.08. The van der Waals surface area contributed by atoms with Gasteiger partial charge in [-0.15, -0.1) is 0 Å². The summed E-state index contributed by atoms with van der Waals surface area (Å²) in [5.74, 6) is 0. The second kappa shape index (κ2) is 5.29. The fourth-order valence-corrected chi connectivity index (χ4v) is 3.56. The van der Waals surface area contributed by atoms with E-state index in [1.54, 1.807) is 0 Å². The maximum absolute atomic E-state index is 6.17. The van der Waals surface area contributed by atoms with Crippen molar-refractivity contribution in [3.05, 3.63) is 50.9 Å². The number of thiazole rings is 1. The highest BCUT2D eigenvalue weighted by atomic mass is 79.9. The third-order valence-electron chi connectivity index (χ3n) is 2.54. The SMILES string of the molecule is Clc1cc(Br)ccc1Nc1nc2cccc(Cl)c2s1. The lowest BCUT2D eigenvalue weighted by Gasteiger charge is -2.04. The molecular formula is C13H7BrCl2N2S. The van der Waals surface area contributed by atoms with Gasteiger partial charge in [0.05, 0.1) is 25.9 Å². The Morgan fingerprint density at radius 2 is 1.95 bits per heavy atom. The van der Waals surface area contributed by atoms with E-state index in [0.29, 0.717) is 10.0 Å². The first-order valence-electron chi connectivity index (χ1n) is 5.40. The van der Waals surface area contributed by atoms with Crippen LogP contribution in [0.2, 0.25) is 10.0 Å². The van der Waals surface area contributed by atoms with E-state index >= 15 is 0 Å². The summed E-state index contributed by atoms with van der Waals surface area (Å²) in [6.07, 6.45) is 0. The molecule has 0 saturated heterocycles. The number of fused-ring (bicyclic) bond motifs is 1. The molecule has 0 aliphatic rings. The Kier molecular flexibility index (Phi) is 3.67. The highest BCUT2D eigenvalue weighted by Crippen LogP contribution is 2.35. The number of benzene rings is 2. The van der Waals surface area contributed by atoms with E-state index in [2.05, 4.69) is 26.2 Å². The largest absolute Gasteiger partial charge is 0.330 e. The van der Waals surface area contributed by atoms with Crippen LogP contribution in [0, 0.1) is 0 Å². The van der Waals surface area contributed by atoms with Crippen LogP contribution in [0.5, 0.6) is 0 Å².